The number of rotatable bonds is 5. The summed E-state index contributed by atoms with van der Waals surface area (Å²) in [6.07, 6.45) is 0.416. The maximum absolute atomic E-state index is 14.0. The van der Waals surface area contributed by atoms with Crippen LogP contribution in [0.2, 0.25) is 0 Å². The van der Waals surface area contributed by atoms with E-state index in [9.17, 15) is 4.39 Å². The van der Waals surface area contributed by atoms with Crippen LogP contribution in [-0.2, 0) is 6.42 Å². The number of aromatic nitrogens is 4. The van der Waals surface area contributed by atoms with Crippen LogP contribution in [0.3, 0.4) is 0 Å². The quantitative estimate of drug-likeness (QED) is 0.304. The van der Waals surface area contributed by atoms with Gasteiger partial charge in [-0.3, -0.25) is 5.41 Å². The molecule has 0 aliphatic carbocycles. The maximum atomic E-state index is 14.0. The molecule has 0 fully saturated rings. The fraction of sp³-hybridized carbons (Fsp3) is 0.286. The zero-order valence-electron chi connectivity index (χ0n) is 16.6. The summed E-state index contributed by atoms with van der Waals surface area (Å²) in [6, 6.07) is 8.15. The molecule has 0 aliphatic rings. The van der Waals surface area contributed by atoms with Crippen molar-refractivity contribution in [1.82, 2.24) is 19.9 Å². The zero-order chi connectivity index (χ0) is 20.8. The van der Waals surface area contributed by atoms with Gasteiger partial charge in [-0.15, -0.1) is 0 Å². The van der Waals surface area contributed by atoms with Crippen molar-refractivity contribution in [3.8, 4) is 5.75 Å². The minimum Gasteiger partial charge on any atom is -0.491 e. The van der Waals surface area contributed by atoms with Crippen LogP contribution in [0.4, 0.5) is 4.39 Å². The fourth-order valence-electron chi connectivity index (χ4n) is 3.06. The average Bonchev–Trinajstić information content (AvgIpc) is 3.20. The lowest BCUT2D eigenvalue weighted by atomic mass is 9.99. The number of aromatic amines is 2. The van der Waals surface area contributed by atoms with Gasteiger partial charge >= 0.3 is 0 Å². The summed E-state index contributed by atoms with van der Waals surface area (Å²) in [6.45, 7) is 6.62. The number of amidine groups is 1. The SMILES string of the molecule is CC(C)(C)COc1cc(F)cc2[nH]c(Cc3nc4ccc(C(=N)N)cc4[nH]3)nc12. The molecule has 0 amide bonds. The second-order valence-electron chi connectivity index (χ2n) is 8.34. The van der Waals surface area contributed by atoms with Gasteiger partial charge in [0.15, 0.2) is 0 Å². The van der Waals surface area contributed by atoms with E-state index in [2.05, 4.69) is 40.7 Å². The first-order chi connectivity index (χ1) is 13.7. The maximum Gasteiger partial charge on any atom is 0.150 e. The van der Waals surface area contributed by atoms with E-state index in [0.717, 1.165) is 11.0 Å². The van der Waals surface area contributed by atoms with Crippen LogP contribution < -0.4 is 10.5 Å². The lowest BCUT2D eigenvalue weighted by Gasteiger charge is -2.18. The number of halogens is 1. The smallest absolute Gasteiger partial charge is 0.150 e. The molecular weight excluding hydrogens is 371 g/mol. The molecule has 0 atom stereocenters. The number of nitrogens with one attached hydrogen (secondary N) is 3. The lowest BCUT2D eigenvalue weighted by Crippen LogP contribution is -2.17. The molecule has 0 bridgehead atoms. The van der Waals surface area contributed by atoms with Gasteiger partial charge in [0, 0.05) is 11.6 Å². The lowest BCUT2D eigenvalue weighted by molar-refractivity contribution is 0.199. The molecule has 4 aromatic rings. The summed E-state index contributed by atoms with van der Waals surface area (Å²) < 4.78 is 19.9. The number of H-pyrrole nitrogens is 2. The van der Waals surface area contributed by atoms with Gasteiger partial charge < -0.3 is 20.4 Å². The fourth-order valence-corrected chi connectivity index (χ4v) is 3.06. The summed E-state index contributed by atoms with van der Waals surface area (Å²) in [4.78, 5) is 15.5. The van der Waals surface area contributed by atoms with E-state index in [1.807, 2.05) is 6.07 Å². The molecule has 29 heavy (non-hydrogen) atoms. The Hall–Kier alpha value is -3.42. The van der Waals surface area contributed by atoms with Gasteiger partial charge in [-0.25, -0.2) is 14.4 Å². The molecule has 0 spiro atoms. The Morgan fingerprint density at radius 1 is 1.10 bits per heavy atom. The highest BCUT2D eigenvalue weighted by atomic mass is 19.1. The first-order valence-electron chi connectivity index (χ1n) is 9.32. The van der Waals surface area contributed by atoms with Crippen LogP contribution in [-0.4, -0.2) is 32.4 Å². The van der Waals surface area contributed by atoms with E-state index in [-0.39, 0.29) is 17.1 Å². The number of nitrogens with two attached hydrogens (primary N) is 1. The first-order valence-corrected chi connectivity index (χ1v) is 9.32. The van der Waals surface area contributed by atoms with Crippen molar-refractivity contribution < 1.29 is 9.13 Å². The second kappa shape index (κ2) is 6.88. The van der Waals surface area contributed by atoms with E-state index in [1.165, 1.54) is 12.1 Å². The highest BCUT2D eigenvalue weighted by Gasteiger charge is 2.16. The minimum atomic E-state index is -0.378. The molecule has 0 radical (unpaired) electrons. The average molecular weight is 394 g/mol. The normalized spacial score (nSPS) is 12.0. The van der Waals surface area contributed by atoms with Gasteiger partial charge in [-0.05, 0) is 29.7 Å². The van der Waals surface area contributed by atoms with E-state index < -0.39 is 0 Å². The van der Waals surface area contributed by atoms with E-state index in [4.69, 9.17) is 15.9 Å². The topological polar surface area (TPSA) is 116 Å². The molecule has 7 nitrogen and oxygen atoms in total. The number of nitrogens with zero attached hydrogens (tertiary/aromatic N) is 2. The third-order valence-corrected chi connectivity index (χ3v) is 4.40. The molecule has 0 saturated heterocycles. The first kappa shape index (κ1) is 18.9. The molecule has 0 aliphatic heterocycles. The van der Waals surface area contributed by atoms with Gasteiger partial charge in [0.25, 0.3) is 0 Å². The monoisotopic (exact) mass is 394 g/mol. The Morgan fingerprint density at radius 2 is 1.83 bits per heavy atom. The Kier molecular flexibility index (Phi) is 4.49. The van der Waals surface area contributed by atoms with E-state index >= 15 is 0 Å². The number of fused-ring (bicyclic) bond motifs is 2. The molecular formula is C21H23FN6O. The molecule has 150 valence electrons. The third kappa shape index (κ3) is 4.06. The van der Waals surface area contributed by atoms with E-state index in [0.29, 0.717) is 47.0 Å². The van der Waals surface area contributed by atoms with Gasteiger partial charge in [0.05, 0.1) is 29.6 Å². The summed E-state index contributed by atoms with van der Waals surface area (Å²) >= 11 is 0. The number of hydrogen-bond donors (Lipinski definition) is 4. The van der Waals surface area contributed by atoms with Crippen LogP contribution in [0.25, 0.3) is 22.1 Å². The number of nitrogen functional groups attached to an aromatic ring is 1. The van der Waals surface area contributed by atoms with Crippen molar-refractivity contribution in [1.29, 1.82) is 5.41 Å². The van der Waals surface area contributed by atoms with Crippen molar-refractivity contribution >= 4 is 27.9 Å². The Bertz CT molecular complexity index is 1220. The van der Waals surface area contributed by atoms with Crippen molar-refractivity contribution in [2.75, 3.05) is 6.61 Å². The number of ether oxygens (including phenoxy) is 1. The number of benzene rings is 2. The van der Waals surface area contributed by atoms with Gasteiger partial charge in [0.1, 0.15) is 34.6 Å². The summed E-state index contributed by atoms with van der Waals surface area (Å²) in [5.74, 6) is 1.41. The van der Waals surface area contributed by atoms with Crippen molar-refractivity contribution in [3.63, 3.8) is 0 Å². The van der Waals surface area contributed by atoms with Crippen LogP contribution >= 0.6 is 0 Å². The Labute approximate surface area is 167 Å². The zero-order valence-corrected chi connectivity index (χ0v) is 16.6. The molecule has 8 heteroatoms. The van der Waals surface area contributed by atoms with Crippen LogP contribution in [0.15, 0.2) is 30.3 Å². The third-order valence-electron chi connectivity index (χ3n) is 4.40. The molecule has 2 heterocycles. The molecule has 2 aromatic carbocycles. The summed E-state index contributed by atoms with van der Waals surface area (Å²) in [5.41, 5.74) is 8.88. The van der Waals surface area contributed by atoms with Crippen molar-refractivity contribution in [2.24, 2.45) is 11.1 Å². The van der Waals surface area contributed by atoms with Crippen molar-refractivity contribution in [3.05, 3.63) is 53.4 Å². The van der Waals surface area contributed by atoms with Crippen LogP contribution in [0.1, 0.15) is 38.0 Å². The van der Waals surface area contributed by atoms with Gasteiger partial charge in [0.2, 0.25) is 0 Å². The molecule has 0 unspecified atom stereocenters. The van der Waals surface area contributed by atoms with Gasteiger partial charge in [-0.2, -0.15) is 0 Å². The highest BCUT2D eigenvalue weighted by molar-refractivity contribution is 5.97. The standard InChI is InChI=1S/C21H23FN6O/c1-21(2,3)10-29-16-8-12(22)7-15-19(16)28-18(27-15)9-17-25-13-5-4-11(20(23)24)6-14(13)26-17/h4-8H,9-10H2,1-3H3,(H3,23,24)(H,25,26)(H,27,28). The number of imidazole rings is 2. The highest BCUT2D eigenvalue weighted by Crippen LogP contribution is 2.28. The minimum absolute atomic E-state index is 0.00477. The summed E-state index contributed by atoms with van der Waals surface area (Å²) in [5, 5.41) is 7.55. The van der Waals surface area contributed by atoms with Crippen molar-refractivity contribution in [2.45, 2.75) is 27.2 Å². The molecule has 2 aromatic heterocycles. The van der Waals surface area contributed by atoms with E-state index in [1.54, 1.807) is 12.1 Å². The predicted octanol–water partition coefficient (Wildman–Crippen LogP) is 3.88. The van der Waals surface area contributed by atoms with Gasteiger partial charge in [-0.1, -0.05) is 20.8 Å². The van der Waals surface area contributed by atoms with Crippen LogP contribution in [0, 0.1) is 16.6 Å². The number of hydrogen-bond acceptors (Lipinski definition) is 4. The Balaban J connectivity index is 1.64. The molecule has 5 N–H and O–H groups in total. The predicted molar refractivity (Wildman–Crippen MR) is 111 cm³/mol. The Morgan fingerprint density at radius 3 is 2.55 bits per heavy atom. The molecule has 0 saturated carbocycles. The second-order valence-corrected chi connectivity index (χ2v) is 8.34. The summed E-state index contributed by atoms with van der Waals surface area (Å²) in [7, 11) is 0. The molecule has 4 rings (SSSR count). The largest absolute Gasteiger partial charge is 0.491 e. The van der Waals surface area contributed by atoms with Crippen LogP contribution in [0.5, 0.6) is 5.75 Å².